The molecule has 108 valence electrons. The van der Waals surface area contributed by atoms with Crippen LogP contribution in [0.3, 0.4) is 0 Å². The van der Waals surface area contributed by atoms with Crippen molar-refractivity contribution in [1.82, 2.24) is 4.72 Å². The number of halogens is 5. The molecule has 1 aromatic rings. The second-order valence-corrected chi connectivity index (χ2v) is 6.48. The van der Waals surface area contributed by atoms with E-state index in [2.05, 4.69) is 0 Å². The molecule has 3 nitrogen and oxygen atoms in total. The van der Waals surface area contributed by atoms with E-state index in [1.165, 1.54) is 18.2 Å². The second kappa shape index (κ2) is 6.30. The van der Waals surface area contributed by atoms with Gasteiger partial charge in [0.1, 0.15) is 0 Å². The molecule has 1 aromatic carbocycles. The highest BCUT2D eigenvalue weighted by atomic mass is 35.5. The zero-order valence-corrected chi connectivity index (χ0v) is 11.8. The molecule has 0 aromatic heterocycles. The van der Waals surface area contributed by atoms with Gasteiger partial charge in [-0.05, 0) is 23.8 Å². The zero-order valence-electron chi connectivity index (χ0n) is 9.47. The lowest BCUT2D eigenvalue weighted by molar-refractivity contribution is -0.132. The predicted octanol–water partition coefficient (Wildman–Crippen LogP) is 3.37. The molecule has 9 heteroatoms. The fraction of sp³-hybridized carbons (Fsp3) is 0.400. The number of alkyl halides is 3. The van der Waals surface area contributed by atoms with Crippen molar-refractivity contribution in [3.05, 3.63) is 33.8 Å². The molecule has 0 aliphatic heterocycles. The molecule has 1 N–H and O–H groups in total. The van der Waals surface area contributed by atoms with Gasteiger partial charge < -0.3 is 0 Å². The summed E-state index contributed by atoms with van der Waals surface area (Å²) in [6.07, 6.45) is -5.62. The minimum Gasteiger partial charge on any atom is -0.215 e. The third-order valence-electron chi connectivity index (χ3n) is 2.01. The Bertz CT molecular complexity index is 526. The van der Waals surface area contributed by atoms with Crippen LogP contribution in [0, 0.1) is 0 Å². The highest BCUT2D eigenvalue weighted by Gasteiger charge is 2.27. The first kappa shape index (κ1) is 16.6. The van der Waals surface area contributed by atoms with E-state index < -0.39 is 34.9 Å². The van der Waals surface area contributed by atoms with Gasteiger partial charge in [0.25, 0.3) is 0 Å². The summed E-state index contributed by atoms with van der Waals surface area (Å²) in [7, 11) is -3.86. The van der Waals surface area contributed by atoms with Crippen LogP contribution in [0.4, 0.5) is 13.2 Å². The Hall–Kier alpha value is -0.500. The number of benzene rings is 1. The van der Waals surface area contributed by atoms with E-state index in [9.17, 15) is 21.6 Å². The average Bonchev–Trinajstić information content (AvgIpc) is 2.11. The Morgan fingerprint density at radius 1 is 1.11 bits per heavy atom. The number of hydrogen-bond donors (Lipinski definition) is 1. The van der Waals surface area contributed by atoms with Crippen LogP contribution in [0.15, 0.2) is 18.2 Å². The molecule has 1 rings (SSSR count). The van der Waals surface area contributed by atoms with E-state index in [-0.39, 0.29) is 10.0 Å². The molecule has 0 saturated carbocycles. The smallest absolute Gasteiger partial charge is 0.215 e. The molecule has 0 atom stereocenters. The average molecular weight is 336 g/mol. The minimum absolute atomic E-state index is 0.257. The van der Waals surface area contributed by atoms with Crippen LogP contribution in [-0.2, 0) is 15.8 Å². The highest BCUT2D eigenvalue weighted by molar-refractivity contribution is 7.88. The molecule has 0 fully saturated rings. The van der Waals surface area contributed by atoms with E-state index in [0.29, 0.717) is 5.56 Å². The molecule has 0 heterocycles. The van der Waals surface area contributed by atoms with Crippen molar-refractivity contribution in [2.24, 2.45) is 0 Å². The van der Waals surface area contributed by atoms with Gasteiger partial charge in [0, 0.05) is 16.6 Å². The molecule has 0 spiro atoms. The Kier molecular flexibility index (Phi) is 5.49. The van der Waals surface area contributed by atoms with Crippen molar-refractivity contribution in [1.29, 1.82) is 0 Å². The third kappa shape index (κ3) is 7.00. The van der Waals surface area contributed by atoms with Gasteiger partial charge in [-0.25, -0.2) is 13.1 Å². The van der Waals surface area contributed by atoms with Crippen molar-refractivity contribution >= 4 is 33.2 Å². The standard InChI is InChI=1S/C10H10Cl2F3NO2S/c11-8-3-7(4-9(12)5-8)6-19(17,18)16-2-1-10(13,14)15/h3-5,16H,1-2,6H2. The van der Waals surface area contributed by atoms with Gasteiger partial charge >= 0.3 is 6.18 Å². The van der Waals surface area contributed by atoms with Gasteiger partial charge in [0.15, 0.2) is 0 Å². The molecule has 19 heavy (non-hydrogen) atoms. The summed E-state index contributed by atoms with van der Waals surface area (Å²) in [5.41, 5.74) is 0.303. The molecule has 0 bridgehead atoms. The largest absolute Gasteiger partial charge is 0.390 e. The maximum atomic E-state index is 11.9. The number of nitrogens with one attached hydrogen (secondary N) is 1. The molecule has 0 saturated heterocycles. The maximum absolute atomic E-state index is 11.9. The summed E-state index contributed by atoms with van der Waals surface area (Å²) >= 11 is 11.4. The van der Waals surface area contributed by atoms with E-state index in [1.807, 2.05) is 4.72 Å². The van der Waals surface area contributed by atoms with E-state index >= 15 is 0 Å². The lowest BCUT2D eigenvalue weighted by Gasteiger charge is -2.09. The Morgan fingerprint density at radius 2 is 1.63 bits per heavy atom. The summed E-state index contributed by atoms with van der Waals surface area (Å²) in [5, 5.41) is 0.515. The molecular weight excluding hydrogens is 326 g/mol. The Morgan fingerprint density at radius 3 is 2.11 bits per heavy atom. The van der Waals surface area contributed by atoms with Gasteiger partial charge in [-0.15, -0.1) is 0 Å². The highest BCUT2D eigenvalue weighted by Crippen LogP contribution is 2.21. The van der Waals surface area contributed by atoms with Crippen molar-refractivity contribution in [3.63, 3.8) is 0 Å². The van der Waals surface area contributed by atoms with Crippen LogP contribution in [0.1, 0.15) is 12.0 Å². The molecule has 0 amide bonds. The number of rotatable bonds is 5. The Balaban J connectivity index is 2.64. The number of sulfonamides is 1. The van der Waals surface area contributed by atoms with Crippen molar-refractivity contribution in [2.45, 2.75) is 18.3 Å². The topological polar surface area (TPSA) is 46.2 Å². The van der Waals surface area contributed by atoms with Crippen LogP contribution in [-0.4, -0.2) is 21.1 Å². The van der Waals surface area contributed by atoms with E-state index in [0.717, 1.165) is 0 Å². The summed E-state index contributed by atoms with van der Waals surface area (Å²) in [6, 6.07) is 4.20. The Labute approximate surface area is 118 Å². The summed E-state index contributed by atoms with van der Waals surface area (Å²) in [5.74, 6) is -0.481. The lowest BCUT2D eigenvalue weighted by atomic mass is 10.2. The van der Waals surface area contributed by atoms with Gasteiger partial charge in [0.05, 0.1) is 12.2 Å². The monoisotopic (exact) mass is 335 g/mol. The van der Waals surface area contributed by atoms with Crippen LogP contribution >= 0.6 is 23.2 Å². The predicted molar refractivity (Wildman–Crippen MR) is 67.8 cm³/mol. The summed E-state index contributed by atoms with van der Waals surface area (Å²) in [4.78, 5) is 0. The first-order valence-corrected chi connectivity index (χ1v) is 7.47. The van der Waals surface area contributed by atoms with Gasteiger partial charge in [-0.2, -0.15) is 13.2 Å². The molecule has 0 aliphatic carbocycles. The van der Waals surface area contributed by atoms with E-state index in [4.69, 9.17) is 23.2 Å². The van der Waals surface area contributed by atoms with Gasteiger partial charge in [-0.3, -0.25) is 0 Å². The first-order chi connectivity index (χ1) is 8.57. The first-order valence-electron chi connectivity index (χ1n) is 5.06. The zero-order chi connectivity index (χ0) is 14.7. The normalized spacial score (nSPS) is 12.7. The van der Waals surface area contributed by atoms with Crippen molar-refractivity contribution in [2.75, 3.05) is 6.54 Å². The molecule has 0 unspecified atom stereocenters. The van der Waals surface area contributed by atoms with E-state index in [1.54, 1.807) is 0 Å². The van der Waals surface area contributed by atoms with Crippen molar-refractivity contribution < 1.29 is 21.6 Å². The summed E-state index contributed by atoms with van der Waals surface area (Å²) in [6.45, 7) is -0.694. The molecule has 0 aliphatic rings. The summed E-state index contributed by atoms with van der Waals surface area (Å²) < 4.78 is 60.6. The van der Waals surface area contributed by atoms with Crippen LogP contribution in [0.5, 0.6) is 0 Å². The van der Waals surface area contributed by atoms with Gasteiger partial charge in [0.2, 0.25) is 10.0 Å². The van der Waals surface area contributed by atoms with Gasteiger partial charge in [-0.1, -0.05) is 23.2 Å². The fourth-order valence-corrected chi connectivity index (χ4v) is 3.00. The lowest BCUT2D eigenvalue weighted by Crippen LogP contribution is -2.29. The minimum atomic E-state index is -4.40. The van der Waals surface area contributed by atoms with Crippen LogP contribution in [0.25, 0.3) is 0 Å². The molecular formula is C10H10Cl2F3NO2S. The second-order valence-electron chi connectivity index (χ2n) is 3.80. The maximum Gasteiger partial charge on any atom is 0.390 e. The van der Waals surface area contributed by atoms with Crippen LogP contribution in [0.2, 0.25) is 10.0 Å². The SMILES string of the molecule is O=S(=O)(Cc1cc(Cl)cc(Cl)c1)NCCC(F)(F)F. The van der Waals surface area contributed by atoms with Crippen molar-refractivity contribution in [3.8, 4) is 0 Å². The fourth-order valence-electron chi connectivity index (χ4n) is 1.31. The molecule has 0 radical (unpaired) electrons. The third-order valence-corrected chi connectivity index (χ3v) is 3.80. The van der Waals surface area contributed by atoms with Crippen LogP contribution < -0.4 is 4.72 Å². The quantitative estimate of drug-likeness (QED) is 0.896. The number of hydrogen-bond acceptors (Lipinski definition) is 2.